The molecular weight excluding hydrogens is 386 g/mol. The van der Waals surface area contributed by atoms with Crippen LogP contribution in [0.5, 0.6) is 0 Å². The van der Waals surface area contributed by atoms with Crippen molar-refractivity contribution in [3.05, 3.63) is 53.9 Å². The van der Waals surface area contributed by atoms with Crippen molar-refractivity contribution in [2.24, 2.45) is 11.8 Å². The van der Waals surface area contributed by atoms with Crippen molar-refractivity contribution in [2.75, 3.05) is 19.6 Å². The molecule has 4 rings (SSSR count). The van der Waals surface area contributed by atoms with E-state index in [1.54, 1.807) is 28.6 Å². The number of rotatable bonds is 3. The highest BCUT2D eigenvalue weighted by atomic mass is 32.2. The molecule has 1 amide bonds. The first-order chi connectivity index (χ1) is 13.8. The number of carbonyl (C=O) groups is 1. The number of hydrogen-bond donors (Lipinski definition) is 0. The maximum Gasteiger partial charge on any atom is 0.254 e. The summed E-state index contributed by atoms with van der Waals surface area (Å²) in [6.07, 6.45) is 3.07. The molecule has 0 spiro atoms. The molecule has 1 aromatic carbocycles. The molecule has 2 aliphatic rings. The summed E-state index contributed by atoms with van der Waals surface area (Å²) in [6.45, 7) is 8.62. The van der Waals surface area contributed by atoms with Crippen molar-refractivity contribution >= 4 is 15.9 Å². The molecule has 3 atom stereocenters. The van der Waals surface area contributed by atoms with Gasteiger partial charge in [-0.3, -0.25) is 4.79 Å². The van der Waals surface area contributed by atoms with Crippen LogP contribution in [0.3, 0.4) is 0 Å². The van der Waals surface area contributed by atoms with Crippen molar-refractivity contribution in [3.8, 4) is 0 Å². The van der Waals surface area contributed by atoms with Gasteiger partial charge in [-0.1, -0.05) is 19.9 Å². The Morgan fingerprint density at radius 2 is 1.72 bits per heavy atom. The molecule has 2 aliphatic heterocycles. The molecule has 29 heavy (non-hydrogen) atoms. The second kappa shape index (κ2) is 7.61. The number of benzene rings is 1. The van der Waals surface area contributed by atoms with Crippen LogP contribution in [0, 0.1) is 11.8 Å². The lowest BCUT2D eigenvalue weighted by atomic mass is 9.94. The molecule has 3 heterocycles. The minimum atomic E-state index is -3.61. The first-order valence-electron chi connectivity index (χ1n) is 10.3. The predicted molar refractivity (Wildman–Crippen MR) is 112 cm³/mol. The number of sulfonamides is 1. The van der Waals surface area contributed by atoms with Gasteiger partial charge in [-0.25, -0.2) is 8.42 Å². The molecule has 7 heteroatoms. The lowest BCUT2D eigenvalue weighted by Gasteiger charge is -2.35. The maximum absolute atomic E-state index is 13.2. The van der Waals surface area contributed by atoms with Gasteiger partial charge in [-0.05, 0) is 55.5 Å². The van der Waals surface area contributed by atoms with Gasteiger partial charge in [0.15, 0.2) is 0 Å². The number of carbonyl (C=O) groups excluding carboxylic acids is 1. The first-order valence-corrected chi connectivity index (χ1v) is 11.8. The summed E-state index contributed by atoms with van der Waals surface area (Å²) >= 11 is 0. The van der Waals surface area contributed by atoms with Crippen LogP contribution in [-0.4, -0.2) is 47.7 Å². The van der Waals surface area contributed by atoms with Crippen LogP contribution in [0.15, 0.2) is 47.5 Å². The summed E-state index contributed by atoms with van der Waals surface area (Å²) < 4.78 is 30.2. The highest BCUT2D eigenvalue weighted by molar-refractivity contribution is 7.89. The second-order valence-electron chi connectivity index (χ2n) is 8.60. The Kier molecular flexibility index (Phi) is 5.29. The molecule has 2 aromatic rings. The second-order valence-corrected chi connectivity index (χ2v) is 10.5. The third kappa shape index (κ3) is 3.73. The third-order valence-corrected chi connectivity index (χ3v) is 7.98. The van der Waals surface area contributed by atoms with Crippen LogP contribution in [0.1, 0.15) is 49.3 Å². The monoisotopic (exact) mass is 415 g/mol. The fourth-order valence-electron chi connectivity index (χ4n) is 4.76. The SMILES string of the molecule is CC1CC(C)CN(S(=O)(=O)c2cccc(C(=O)N3CCn4cccc4C3C)c2)C1. The van der Waals surface area contributed by atoms with Crippen molar-refractivity contribution in [3.63, 3.8) is 0 Å². The molecule has 156 valence electrons. The van der Waals surface area contributed by atoms with Gasteiger partial charge in [-0.2, -0.15) is 4.31 Å². The zero-order valence-corrected chi connectivity index (χ0v) is 18.1. The summed E-state index contributed by atoms with van der Waals surface area (Å²) in [6, 6.07) is 10.5. The van der Waals surface area contributed by atoms with Crippen LogP contribution in [0.4, 0.5) is 0 Å². The summed E-state index contributed by atoms with van der Waals surface area (Å²) in [7, 11) is -3.61. The van der Waals surface area contributed by atoms with E-state index in [-0.39, 0.29) is 16.8 Å². The van der Waals surface area contributed by atoms with Crippen LogP contribution in [0.25, 0.3) is 0 Å². The minimum absolute atomic E-state index is 0.0460. The van der Waals surface area contributed by atoms with Gasteiger partial charge < -0.3 is 9.47 Å². The molecule has 6 nitrogen and oxygen atoms in total. The average Bonchev–Trinajstić information content (AvgIpc) is 3.17. The van der Waals surface area contributed by atoms with Gasteiger partial charge in [-0.15, -0.1) is 0 Å². The molecule has 1 fully saturated rings. The van der Waals surface area contributed by atoms with E-state index in [0.29, 0.717) is 37.0 Å². The van der Waals surface area contributed by atoms with Gasteiger partial charge >= 0.3 is 0 Å². The largest absolute Gasteiger partial charge is 0.348 e. The number of aromatic nitrogens is 1. The Bertz CT molecular complexity index is 1000. The zero-order chi connectivity index (χ0) is 20.8. The lowest BCUT2D eigenvalue weighted by Crippen LogP contribution is -2.42. The van der Waals surface area contributed by atoms with E-state index in [9.17, 15) is 13.2 Å². The standard InChI is InChI=1S/C22H29N3O3S/c1-16-12-17(2)15-24(14-16)29(27,28)20-7-4-6-19(13-20)22(26)25-11-10-23-9-5-8-21(23)18(25)3/h4-9,13,16-18H,10-12,14-15H2,1-3H3. The number of nitrogens with zero attached hydrogens (tertiary/aromatic N) is 3. The molecule has 1 aromatic heterocycles. The summed E-state index contributed by atoms with van der Waals surface area (Å²) in [5, 5.41) is 0. The average molecular weight is 416 g/mol. The highest BCUT2D eigenvalue weighted by Gasteiger charge is 2.33. The van der Waals surface area contributed by atoms with Crippen molar-refractivity contribution in [1.82, 2.24) is 13.8 Å². The van der Waals surface area contributed by atoms with E-state index in [2.05, 4.69) is 18.4 Å². The fourth-order valence-corrected chi connectivity index (χ4v) is 6.49. The Balaban J connectivity index is 1.60. The molecule has 1 saturated heterocycles. The summed E-state index contributed by atoms with van der Waals surface area (Å²) in [5.41, 5.74) is 1.53. The van der Waals surface area contributed by atoms with Gasteiger partial charge in [0.25, 0.3) is 5.91 Å². The topological polar surface area (TPSA) is 62.6 Å². The van der Waals surface area contributed by atoms with Gasteiger partial charge in [0.2, 0.25) is 10.0 Å². The fraction of sp³-hybridized carbons (Fsp3) is 0.500. The van der Waals surface area contributed by atoms with Crippen LogP contribution in [-0.2, 0) is 16.6 Å². The van der Waals surface area contributed by atoms with E-state index >= 15 is 0 Å². The smallest absolute Gasteiger partial charge is 0.254 e. The Labute approximate surface area is 173 Å². The van der Waals surface area contributed by atoms with Gasteiger partial charge in [0.1, 0.15) is 0 Å². The summed E-state index contributed by atoms with van der Waals surface area (Å²) in [4.78, 5) is 15.2. The molecule has 3 unspecified atom stereocenters. The summed E-state index contributed by atoms with van der Waals surface area (Å²) in [5.74, 6) is 0.551. The molecule has 0 N–H and O–H groups in total. The van der Waals surface area contributed by atoms with Crippen LogP contribution < -0.4 is 0 Å². The Morgan fingerprint density at radius 3 is 2.45 bits per heavy atom. The van der Waals surface area contributed by atoms with E-state index < -0.39 is 10.0 Å². The molecule has 0 radical (unpaired) electrons. The van der Waals surface area contributed by atoms with Crippen molar-refractivity contribution in [2.45, 2.75) is 44.7 Å². The normalized spacial score (nSPS) is 25.6. The first kappa shape index (κ1) is 20.2. The third-order valence-electron chi connectivity index (χ3n) is 6.16. The number of hydrogen-bond acceptors (Lipinski definition) is 3. The zero-order valence-electron chi connectivity index (χ0n) is 17.3. The lowest BCUT2D eigenvalue weighted by molar-refractivity contribution is 0.0643. The van der Waals surface area contributed by atoms with Gasteiger partial charge in [0.05, 0.1) is 10.9 Å². The van der Waals surface area contributed by atoms with Crippen LogP contribution >= 0.6 is 0 Å². The number of piperidine rings is 1. The Morgan fingerprint density at radius 1 is 1.00 bits per heavy atom. The minimum Gasteiger partial charge on any atom is -0.348 e. The molecule has 0 saturated carbocycles. The molecular formula is C22H29N3O3S. The van der Waals surface area contributed by atoms with Gasteiger partial charge in [0, 0.05) is 43.6 Å². The predicted octanol–water partition coefficient (Wildman–Crippen LogP) is 3.37. The molecule has 0 aliphatic carbocycles. The van der Waals surface area contributed by atoms with E-state index in [1.807, 2.05) is 30.2 Å². The van der Waals surface area contributed by atoms with Crippen molar-refractivity contribution < 1.29 is 13.2 Å². The maximum atomic E-state index is 13.2. The van der Waals surface area contributed by atoms with Crippen LogP contribution in [0.2, 0.25) is 0 Å². The molecule has 0 bridgehead atoms. The van der Waals surface area contributed by atoms with E-state index in [0.717, 1.165) is 18.7 Å². The Hall–Kier alpha value is -2.12. The number of amides is 1. The van der Waals surface area contributed by atoms with Crippen molar-refractivity contribution in [1.29, 1.82) is 0 Å². The van der Waals surface area contributed by atoms with E-state index in [1.165, 1.54) is 0 Å². The highest BCUT2D eigenvalue weighted by Crippen LogP contribution is 2.29. The van der Waals surface area contributed by atoms with E-state index in [4.69, 9.17) is 0 Å². The quantitative estimate of drug-likeness (QED) is 0.772. The number of fused-ring (bicyclic) bond motifs is 1.